The first-order chi connectivity index (χ1) is 23.7. The lowest BCUT2D eigenvalue weighted by atomic mass is 9.93. The fourth-order valence-corrected chi connectivity index (χ4v) is 6.63. The third-order valence-electron chi connectivity index (χ3n) is 8.95. The van der Waals surface area contributed by atoms with Crippen molar-refractivity contribution in [2.45, 2.75) is 98.4 Å². The van der Waals surface area contributed by atoms with Gasteiger partial charge in [-0.2, -0.15) is 0 Å². The van der Waals surface area contributed by atoms with Crippen molar-refractivity contribution in [2.75, 3.05) is 38.8 Å². The molecule has 0 bridgehead atoms. The van der Waals surface area contributed by atoms with Gasteiger partial charge in [0.05, 0.1) is 24.3 Å². The first kappa shape index (κ1) is 37.1. The van der Waals surface area contributed by atoms with E-state index in [9.17, 15) is 9.59 Å². The number of para-hydroxylation sites is 1. The van der Waals surface area contributed by atoms with Gasteiger partial charge in [0, 0.05) is 46.0 Å². The second-order valence-electron chi connectivity index (χ2n) is 15.2. The van der Waals surface area contributed by atoms with Crippen LogP contribution in [0, 0.1) is 12.8 Å². The van der Waals surface area contributed by atoms with Crippen LogP contribution in [-0.2, 0) is 49.9 Å². The molecule has 2 aromatic carbocycles. The fraction of sp³-hybridized carbons (Fsp3) is 0.525. The molecule has 50 heavy (non-hydrogen) atoms. The maximum atomic E-state index is 12.9. The summed E-state index contributed by atoms with van der Waals surface area (Å²) in [6, 6.07) is 16.4. The number of amides is 1. The summed E-state index contributed by atoms with van der Waals surface area (Å²) in [5.41, 5.74) is 6.00. The summed E-state index contributed by atoms with van der Waals surface area (Å²) in [5.74, 6) is 1.05. The van der Waals surface area contributed by atoms with E-state index in [4.69, 9.17) is 28.7 Å². The van der Waals surface area contributed by atoms with E-state index < -0.39 is 11.2 Å². The minimum Gasteiger partial charge on any atom is -0.488 e. The Bertz CT molecular complexity index is 1680. The van der Waals surface area contributed by atoms with E-state index in [1.807, 2.05) is 84.9 Å². The quantitative estimate of drug-likeness (QED) is 0.215. The van der Waals surface area contributed by atoms with Crippen LogP contribution < -0.4 is 9.64 Å². The predicted octanol–water partition coefficient (Wildman–Crippen LogP) is 7.26. The summed E-state index contributed by atoms with van der Waals surface area (Å²) in [4.78, 5) is 34.8. The number of anilines is 1. The van der Waals surface area contributed by atoms with Gasteiger partial charge in [-0.1, -0.05) is 24.3 Å². The molecule has 3 aromatic rings. The van der Waals surface area contributed by atoms with Crippen LogP contribution in [0.2, 0.25) is 0 Å². The van der Waals surface area contributed by atoms with Gasteiger partial charge in [-0.05, 0) is 113 Å². The van der Waals surface area contributed by atoms with Crippen LogP contribution in [0.1, 0.15) is 75.8 Å². The molecule has 0 unspecified atom stereocenters. The van der Waals surface area contributed by atoms with Gasteiger partial charge in [0.25, 0.3) is 0 Å². The van der Waals surface area contributed by atoms with Gasteiger partial charge >= 0.3 is 12.1 Å². The maximum absolute atomic E-state index is 12.9. The van der Waals surface area contributed by atoms with Crippen LogP contribution in [0.15, 0.2) is 48.5 Å². The normalized spacial score (nSPS) is 18.0. The molecule has 1 saturated heterocycles. The number of methoxy groups -OCH3 is 2. The average Bonchev–Trinajstić information content (AvgIpc) is 3.05. The van der Waals surface area contributed by atoms with E-state index in [1.54, 1.807) is 19.1 Å². The van der Waals surface area contributed by atoms with Crippen LogP contribution in [0.25, 0.3) is 11.3 Å². The third kappa shape index (κ3) is 9.14. The number of aryl methyl sites for hydroxylation is 1. The minimum atomic E-state index is -0.549. The highest BCUT2D eigenvalue weighted by atomic mass is 16.6. The molecule has 1 amide bonds. The van der Waals surface area contributed by atoms with Crippen molar-refractivity contribution < 1.29 is 33.3 Å². The first-order valence-electron chi connectivity index (χ1n) is 17.5. The van der Waals surface area contributed by atoms with Crippen LogP contribution in [0.4, 0.5) is 10.6 Å². The monoisotopic (exact) mass is 687 g/mol. The molecule has 0 aliphatic carbocycles. The summed E-state index contributed by atoms with van der Waals surface area (Å²) >= 11 is 0. The number of benzene rings is 2. The summed E-state index contributed by atoms with van der Waals surface area (Å²) in [7, 11) is 3.33. The number of nitrogens with zero attached hydrogens (tertiary/aromatic N) is 3. The zero-order valence-electron chi connectivity index (χ0n) is 31.1. The van der Waals surface area contributed by atoms with Gasteiger partial charge in [0.2, 0.25) is 0 Å². The lowest BCUT2D eigenvalue weighted by molar-refractivity contribution is -0.165. The molecule has 10 heteroatoms. The Morgan fingerprint density at radius 3 is 2.36 bits per heavy atom. The summed E-state index contributed by atoms with van der Waals surface area (Å²) in [6.07, 6.45) is 0.738. The van der Waals surface area contributed by atoms with Gasteiger partial charge in [-0.15, -0.1) is 0 Å². The number of aromatic nitrogens is 1. The number of piperidine rings is 1. The highest BCUT2D eigenvalue weighted by Crippen LogP contribution is 2.35. The Kier molecular flexibility index (Phi) is 11.4. The largest absolute Gasteiger partial charge is 0.488 e. The van der Waals surface area contributed by atoms with Crippen molar-refractivity contribution >= 4 is 17.9 Å². The highest BCUT2D eigenvalue weighted by molar-refractivity contribution is 5.74. The van der Waals surface area contributed by atoms with Gasteiger partial charge in [0.15, 0.2) is 0 Å². The van der Waals surface area contributed by atoms with Crippen molar-refractivity contribution in [3.8, 4) is 17.0 Å². The number of fused-ring (bicyclic) bond motifs is 1. The van der Waals surface area contributed by atoms with Gasteiger partial charge in [-0.3, -0.25) is 4.79 Å². The van der Waals surface area contributed by atoms with Crippen LogP contribution in [0.3, 0.4) is 0 Å². The molecule has 2 aliphatic rings. The minimum absolute atomic E-state index is 0.219. The molecule has 2 aliphatic heterocycles. The van der Waals surface area contributed by atoms with E-state index in [1.165, 1.54) is 5.56 Å². The third-order valence-corrected chi connectivity index (χ3v) is 8.95. The molecule has 5 rings (SSSR count). The van der Waals surface area contributed by atoms with E-state index >= 15 is 0 Å². The van der Waals surface area contributed by atoms with Crippen LogP contribution in [0.5, 0.6) is 5.75 Å². The first-order valence-corrected chi connectivity index (χ1v) is 17.5. The summed E-state index contributed by atoms with van der Waals surface area (Å²) in [6.45, 7) is 16.4. The number of hydrogen-bond donors (Lipinski definition) is 0. The molecule has 270 valence electrons. The molecule has 0 N–H and O–H groups in total. The van der Waals surface area contributed by atoms with Gasteiger partial charge in [-0.25, -0.2) is 9.78 Å². The zero-order valence-corrected chi connectivity index (χ0v) is 31.1. The molecule has 1 aromatic heterocycles. The second kappa shape index (κ2) is 15.4. The van der Waals surface area contributed by atoms with Crippen LogP contribution >= 0.6 is 0 Å². The molecule has 1 fully saturated rings. The summed E-state index contributed by atoms with van der Waals surface area (Å²) in [5, 5.41) is 0. The molecule has 0 saturated carbocycles. The molecule has 0 radical (unpaired) electrons. The molecule has 10 nitrogen and oxygen atoms in total. The Labute approximate surface area is 297 Å². The lowest BCUT2D eigenvalue weighted by Gasteiger charge is -2.38. The van der Waals surface area contributed by atoms with E-state index in [0.717, 1.165) is 51.5 Å². The number of esters is 1. The number of ether oxygens (including phenoxy) is 5. The van der Waals surface area contributed by atoms with Gasteiger partial charge in [0.1, 0.15) is 29.4 Å². The van der Waals surface area contributed by atoms with E-state index in [2.05, 4.69) is 17.0 Å². The Hall–Kier alpha value is -4.15. The van der Waals surface area contributed by atoms with Crippen molar-refractivity contribution in [1.29, 1.82) is 0 Å². The van der Waals surface area contributed by atoms with Gasteiger partial charge < -0.3 is 33.5 Å². The number of carbonyl (C=O) groups is 2. The number of carbonyl (C=O) groups excluding carboxylic acids is 2. The Morgan fingerprint density at radius 1 is 0.920 bits per heavy atom. The van der Waals surface area contributed by atoms with Crippen molar-refractivity contribution in [1.82, 2.24) is 9.88 Å². The second-order valence-corrected chi connectivity index (χ2v) is 15.2. The molecule has 2 atom stereocenters. The Balaban J connectivity index is 1.33. The Morgan fingerprint density at radius 2 is 1.66 bits per heavy atom. The number of pyridine rings is 1. The topological polar surface area (TPSA) is 99.7 Å². The van der Waals surface area contributed by atoms with E-state index in [-0.39, 0.29) is 24.1 Å². The molecular weight excluding hydrogens is 634 g/mol. The fourth-order valence-electron chi connectivity index (χ4n) is 6.63. The predicted molar refractivity (Wildman–Crippen MR) is 193 cm³/mol. The highest BCUT2D eigenvalue weighted by Gasteiger charge is 2.37. The zero-order chi connectivity index (χ0) is 36.2. The smallest absolute Gasteiger partial charge is 0.410 e. The SMILES string of the molecule is COCc1cc(COc2c(C)cccc2-c2cccc(N3CC[C@@H](C(=O)OC(C)(C)C)[C@@H](OC)C3)n2)cc2c1CN(C(=O)OC(C)(C)C)CC2. The lowest BCUT2D eigenvalue weighted by Crippen LogP contribution is -2.49. The average molecular weight is 688 g/mol. The maximum Gasteiger partial charge on any atom is 0.410 e. The number of rotatable bonds is 9. The number of hydrogen-bond acceptors (Lipinski definition) is 9. The van der Waals surface area contributed by atoms with Crippen LogP contribution in [-0.4, -0.2) is 73.1 Å². The van der Waals surface area contributed by atoms with Crippen molar-refractivity contribution in [2.24, 2.45) is 5.92 Å². The molecular formula is C40H53N3O7. The molecule has 0 spiro atoms. The van der Waals surface area contributed by atoms with E-state index in [0.29, 0.717) is 45.8 Å². The summed E-state index contributed by atoms with van der Waals surface area (Å²) < 4.78 is 29.3. The van der Waals surface area contributed by atoms with Crippen molar-refractivity contribution in [3.05, 3.63) is 76.3 Å². The molecule has 3 heterocycles. The standard InChI is InChI=1S/C40H53N3O7/c1-26-12-10-13-30(33-14-11-15-35(41-33)42-19-17-31(34(23-42)47-9)37(44)49-39(2,3)4)36(26)48-24-27-20-28-16-18-43(38(45)50-40(5,6)7)22-32(28)29(21-27)25-46-8/h10-15,20-21,31,34H,16-19,22-25H2,1-9H3/t31-,34+/m1/s1. The van der Waals surface area contributed by atoms with Crippen molar-refractivity contribution in [3.63, 3.8) is 0 Å².